The summed E-state index contributed by atoms with van der Waals surface area (Å²) < 4.78 is 10.00. The summed E-state index contributed by atoms with van der Waals surface area (Å²) in [6.07, 6.45) is 0. The van der Waals surface area contributed by atoms with Crippen molar-refractivity contribution >= 4 is 81.8 Å². The molecule has 0 aromatic heterocycles. The van der Waals surface area contributed by atoms with Crippen LogP contribution < -0.4 is 5.32 Å². The second kappa shape index (κ2) is 11.5. The van der Waals surface area contributed by atoms with Crippen LogP contribution in [0.15, 0.2) is 24.3 Å². The minimum Gasteiger partial charge on any atom is -0.462 e. The van der Waals surface area contributed by atoms with Gasteiger partial charge in [-0.25, -0.2) is 4.79 Å². The Morgan fingerprint density at radius 1 is 0.861 bits per heavy atom. The Labute approximate surface area is 225 Å². The highest BCUT2D eigenvalue weighted by molar-refractivity contribution is 6.55. The molecule has 13 heteroatoms. The summed E-state index contributed by atoms with van der Waals surface area (Å²) in [7, 11) is 0. The Hall–Kier alpha value is -2.85. The molecule has 0 atom stereocenters. The maximum absolute atomic E-state index is 12.6. The smallest absolute Gasteiger partial charge is 0.338 e. The zero-order valence-electron chi connectivity index (χ0n) is 18.8. The van der Waals surface area contributed by atoms with E-state index in [4.69, 9.17) is 55.9 Å². The van der Waals surface area contributed by atoms with Crippen LogP contribution >= 0.6 is 46.4 Å². The van der Waals surface area contributed by atoms with Crippen molar-refractivity contribution in [2.75, 3.05) is 25.1 Å². The summed E-state index contributed by atoms with van der Waals surface area (Å²) in [5, 5.41) is 1.54. The van der Waals surface area contributed by atoms with Crippen molar-refractivity contribution in [3.8, 4) is 0 Å². The number of imide groups is 1. The Morgan fingerprint density at radius 3 is 1.89 bits per heavy atom. The molecule has 3 amide bonds. The van der Waals surface area contributed by atoms with Crippen molar-refractivity contribution in [1.29, 1.82) is 0 Å². The van der Waals surface area contributed by atoms with Crippen molar-refractivity contribution in [2.24, 2.45) is 5.92 Å². The van der Waals surface area contributed by atoms with E-state index in [1.54, 1.807) is 0 Å². The second-order valence-corrected chi connectivity index (χ2v) is 9.49. The molecule has 0 fully saturated rings. The number of carbonyl (C=O) groups is 5. The van der Waals surface area contributed by atoms with E-state index in [2.05, 4.69) is 5.32 Å². The van der Waals surface area contributed by atoms with E-state index >= 15 is 0 Å². The van der Waals surface area contributed by atoms with Gasteiger partial charge < -0.3 is 14.8 Å². The first-order valence-electron chi connectivity index (χ1n) is 10.4. The zero-order valence-corrected chi connectivity index (χ0v) is 21.8. The predicted molar refractivity (Wildman–Crippen MR) is 133 cm³/mol. The fraction of sp³-hybridized carbons (Fsp3) is 0.261. The first-order valence-corrected chi connectivity index (χ1v) is 11.9. The lowest BCUT2D eigenvalue weighted by Crippen LogP contribution is -2.36. The molecule has 1 aliphatic heterocycles. The molecule has 0 radical (unpaired) electrons. The van der Waals surface area contributed by atoms with E-state index in [0.717, 1.165) is 0 Å². The number of nitrogens with one attached hydrogen (secondary N) is 1. The largest absolute Gasteiger partial charge is 0.462 e. The van der Waals surface area contributed by atoms with Crippen molar-refractivity contribution in [3.63, 3.8) is 0 Å². The first-order chi connectivity index (χ1) is 16.9. The number of anilines is 1. The quantitative estimate of drug-likeness (QED) is 0.206. The number of esters is 2. The molecule has 3 rings (SSSR count). The van der Waals surface area contributed by atoms with Crippen molar-refractivity contribution in [2.45, 2.75) is 13.8 Å². The molecule has 1 N–H and O–H groups in total. The van der Waals surface area contributed by atoms with Crippen LogP contribution in [0.25, 0.3) is 0 Å². The van der Waals surface area contributed by atoms with Crippen LogP contribution in [0.3, 0.4) is 0 Å². The average Bonchev–Trinajstić information content (AvgIpc) is 3.08. The van der Waals surface area contributed by atoms with Crippen LogP contribution in [-0.4, -0.2) is 54.3 Å². The zero-order chi connectivity index (χ0) is 26.7. The lowest BCUT2D eigenvalue weighted by atomic mass is 10.1. The molecule has 0 spiro atoms. The van der Waals surface area contributed by atoms with E-state index in [1.807, 2.05) is 13.8 Å². The number of rotatable bonds is 8. The van der Waals surface area contributed by atoms with Crippen LogP contribution in [0.5, 0.6) is 0 Å². The highest BCUT2D eigenvalue weighted by Gasteiger charge is 2.42. The summed E-state index contributed by atoms with van der Waals surface area (Å²) in [5.74, 6) is -3.84. The molecule has 2 aromatic carbocycles. The van der Waals surface area contributed by atoms with Gasteiger partial charge in [0.25, 0.3) is 17.7 Å². The van der Waals surface area contributed by atoms with Crippen LogP contribution in [0.2, 0.25) is 20.1 Å². The van der Waals surface area contributed by atoms with Gasteiger partial charge in [-0.15, -0.1) is 0 Å². The van der Waals surface area contributed by atoms with E-state index in [-0.39, 0.29) is 43.7 Å². The third kappa shape index (κ3) is 5.92. The molecule has 190 valence electrons. The highest BCUT2D eigenvalue weighted by Crippen LogP contribution is 2.44. The monoisotopic (exact) mass is 574 g/mol. The molecule has 36 heavy (non-hydrogen) atoms. The van der Waals surface area contributed by atoms with Gasteiger partial charge >= 0.3 is 11.9 Å². The Kier molecular flexibility index (Phi) is 8.84. The summed E-state index contributed by atoms with van der Waals surface area (Å²) in [6.45, 7) is 2.62. The van der Waals surface area contributed by atoms with Gasteiger partial charge in [-0.05, 0) is 30.2 Å². The Morgan fingerprint density at radius 2 is 1.39 bits per heavy atom. The van der Waals surface area contributed by atoms with E-state index < -0.39 is 42.8 Å². The van der Waals surface area contributed by atoms with Crippen molar-refractivity contribution in [1.82, 2.24) is 4.90 Å². The highest BCUT2D eigenvalue weighted by atomic mass is 35.5. The van der Waals surface area contributed by atoms with Gasteiger partial charge in [0.05, 0.1) is 43.4 Å². The number of carbonyl (C=O) groups excluding carboxylic acids is 5. The third-order valence-corrected chi connectivity index (χ3v) is 6.59. The number of hydrogen-bond acceptors (Lipinski definition) is 7. The van der Waals surface area contributed by atoms with Gasteiger partial charge in [0.2, 0.25) is 0 Å². The fourth-order valence-corrected chi connectivity index (χ4v) is 4.09. The summed E-state index contributed by atoms with van der Waals surface area (Å²) in [4.78, 5) is 62.1. The van der Waals surface area contributed by atoms with E-state index in [0.29, 0.717) is 16.2 Å². The van der Waals surface area contributed by atoms with E-state index in [9.17, 15) is 24.0 Å². The fourth-order valence-electron chi connectivity index (χ4n) is 3.07. The van der Waals surface area contributed by atoms with E-state index in [1.165, 1.54) is 24.3 Å². The van der Waals surface area contributed by atoms with Crippen LogP contribution in [0, 0.1) is 5.92 Å². The molecule has 0 bridgehead atoms. The number of benzene rings is 2. The number of nitrogens with zero attached hydrogens (tertiary/aromatic N) is 1. The van der Waals surface area contributed by atoms with Crippen LogP contribution in [-0.2, 0) is 19.1 Å². The molecule has 0 aliphatic carbocycles. The minimum absolute atomic E-state index is 0.194. The van der Waals surface area contributed by atoms with Crippen molar-refractivity contribution in [3.05, 3.63) is 61.0 Å². The second-order valence-electron chi connectivity index (χ2n) is 7.98. The molecule has 0 saturated heterocycles. The summed E-state index contributed by atoms with van der Waals surface area (Å²) >= 11 is 24.0. The molecule has 0 saturated carbocycles. The van der Waals surface area contributed by atoms with Crippen LogP contribution in [0.1, 0.15) is 44.9 Å². The molecule has 0 unspecified atom stereocenters. The standard InChI is InChI=1S/C23H18Cl4N2O7/c1-10(2)8-36-23(34)11-3-5-12(6-4-11)28-13(30)9-35-14(31)7-29-21(32)15-16(22(29)33)18(25)20(27)19(26)17(15)24/h3-6,10H,7-9H2,1-2H3,(H,28,30). The maximum atomic E-state index is 12.6. The topological polar surface area (TPSA) is 119 Å². The SMILES string of the molecule is CC(C)COC(=O)c1ccc(NC(=O)COC(=O)CN2C(=O)c3c(Cl)c(Cl)c(Cl)c(Cl)c3C2=O)cc1. The first kappa shape index (κ1) is 27.7. The molecular weight excluding hydrogens is 558 g/mol. The summed E-state index contributed by atoms with van der Waals surface area (Å²) in [6, 6.07) is 5.91. The maximum Gasteiger partial charge on any atom is 0.338 e. The van der Waals surface area contributed by atoms with Crippen molar-refractivity contribution < 1.29 is 33.4 Å². The lowest BCUT2D eigenvalue weighted by Gasteiger charge is -2.13. The molecule has 1 heterocycles. The Bertz CT molecular complexity index is 1220. The van der Waals surface area contributed by atoms with Gasteiger partial charge in [0.15, 0.2) is 6.61 Å². The van der Waals surface area contributed by atoms with Crippen LogP contribution in [0.4, 0.5) is 5.69 Å². The van der Waals surface area contributed by atoms with Gasteiger partial charge in [-0.3, -0.25) is 24.1 Å². The molecule has 2 aromatic rings. The number of fused-ring (bicyclic) bond motifs is 1. The number of ether oxygens (including phenoxy) is 2. The Balaban J connectivity index is 1.55. The van der Waals surface area contributed by atoms with Gasteiger partial charge in [-0.1, -0.05) is 60.3 Å². The summed E-state index contributed by atoms with van der Waals surface area (Å²) in [5.41, 5.74) is 0.102. The number of halogens is 4. The normalized spacial score (nSPS) is 12.6. The minimum atomic E-state index is -1.03. The molecular formula is C23H18Cl4N2O7. The van der Waals surface area contributed by atoms with Gasteiger partial charge in [0.1, 0.15) is 6.54 Å². The third-order valence-electron chi connectivity index (χ3n) is 4.79. The lowest BCUT2D eigenvalue weighted by molar-refractivity contribution is -0.147. The van der Waals surface area contributed by atoms with Gasteiger partial charge in [0, 0.05) is 5.69 Å². The number of hydrogen-bond donors (Lipinski definition) is 1. The van der Waals surface area contributed by atoms with Gasteiger partial charge in [-0.2, -0.15) is 0 Å². The molecule has 9 nitrogen and oxygen atoms in total. The average molecular weight is 576 g/mol. The molecule has 1 aliphatic rings. The predicted octanol–water partition coefficient (Wildman–Crippen LogP) is 4.89. The number of amides is 3.